The summed E-state index contributed by atoms with van der Waals surface area (Å²) in [6.45, 7) is 16.0. The van der Waals surface area contributed by atoms with Crippen molar-refractivity contribution in [2.45, 2.75) is 59.3 Å². The van der Waals surface area contributed by atoms with Crippen LogP contribution < -0.4 is 5.32 Å². The summed E-state index contributed by atoms with van der Waals surface area (Å²) in [5.74, 6) is 0.245. The Morgan fingerprint density at radius 1 is 1.14 bits per heavy atom. The average Bonchev–Trinajstić information content (AvgIpc) is 3.36. The Labute approximate surface area is 219 Å². The first-order chi connectivity index (χ1) is 17.5. The van der Waals surface area contributed by atoms with E-state index < -0.39 is 6.03 Å². The minimum atomic E-state index is -0.487. The number of H-pyrrole nitrogens is 1. The molecule has 0 atom stereocenters. The predicted molar refractivity (Wildman–Crippen MR) is 148 cm³/mol. The Bertz CT molecular complexity index is 1300. The van der Waals surface area contributed by atoms with Crippen LogP contribution in [0, 0.1) is 0 Å². The lowest BCUT2D eigenvalue weighted by Gasteiger charge is -2.33. The van der Waals surface area contributed by atoms with Gasteiger partial charge in [0.25, 0.3) is 0 Å². The summed E-state index contributed by atoms with van der Waals surface area (Å²) in [6, 6.07) is 6.23. The molecule has 1 aromatic carbocycles. The highest BCUT2D eigenvalue weighted by atomic mass is 16.2. The van der Waals surface area contributed by atoms with E-state index in [0.29, 0.717) is 24.9 Å². The van der Waals surface area contributed by atoms with Crippen LogP contribution in [0.15, 0.2) is 48.1 Å². The minimum absolute atomic E-state index is 0.0468. The number of benzene rings is 1. The summed E-state index contributed by atoms with van der Waals surface area (Å²) in [6.07, 6.45) is 6.09. The van der Waals surface area contributed by atoms with Gasteiger partial charge in [-0.2, -0.15) is 0 Å². The van der Waals surface area contributed by atoms with Crippen molar-refractivity contribution in [3.63, 3.8) is 0 Å². The van der Waals surface area contributed by atoms with Gasteiger partial charge in [0.2, 0.25) is 11.8 Å². The molecule has 37 heavy (non-hydrogen) atoms. The fourth-order valence-electron chi connectivity index (χ4n) is 5.41. The highest BCUT2D eigenvalue weighted by Gasteiger charge is 2.31. The molecule has 2 fully saturated rings. The Balaban J connectivity index is 1.54. The van der Waals surface area contributed by atoms with Crippen molar-refractivity contribution in [1.29, 1.82) is 0 Å². The van der Waals surface area contributed by atoms with Crippen molar-refractivity contribution < 1.29 is 14.4 Å². The molecule has 7 heteroatoms. The molecule has 0 spiro atoms. The molecule has 2 saturated heterocycles. The summed E-state index contributed by atoms with van der Waals surface area (Å²) in [4.78, 5) is 42.7. The van der Waals surface area contributed by atoms with E-state index in [-0.39, 0.29) is 24.9 Å². The van der Waals surface area contributed by atoms with Crippen LogP contribution >= 0.6 is 0 Å². The Hall–Kier alpha value is -3.61. The van der Waals surface area contributed by atoms with Crippen LogP contribution in [-0.2, 0) is 9.59 Å². The maximum atomic E-state index is 12.7. The molecular weight excluding hydrogens is 464 g/mol. The number of aromatic nitrogens is 1. The van der Waals surface area contributed by atoms with E-state index in [4.69, 9.17) is 0 Å². The Kier molecular flexibility index (Phi) is 7.71. The monoisotopic (exact) mass is 502 g/mol. The summed E-state index contributed by atoms with van der Waals surface area (Å²) >= 11 is 0. The summed E-state index contributed by atoms with van der Waals surface area (Å²) in [7, 11) is 0. The molecule has 2 N–H and O–H groups in total. The highest BCUT2D eigenvalue weighted by molar-refractivity contribution is 6.03. The SMILES string of the molecule is C=C(C)/C=C(\C=C(C)C)c1[nH]c2ccc(C3CCN(C(=O)CN4CC(=O)NC4=O)CC3)cc2c1C(C)C. The number of aromatic amines is 1. The number of fused-ring (bicyclic) bond motifs is 1. The van der Waals surface area contributed by atoms with E-state index in [0.717, 1.165) is 35.2 Å². The lowest BCUT2D eigenvalue weighted by Crippen LogP contribution is -2.44. The smallest absolute Gasteiger partial charge is 0.325 e. The molecule has 1 aromatic heterocycles. The molecule has 0 saturated carbocycles. The quantitative estimate of drug-likeness (QED) is 0.389. The number of imide groups is 1. The third kappa shape index (κ3) is 5.87. The molecule has 2 aliphatic heterocycles. The number of nitrogens with zero attached hydrogens (tertiary/aromatic N) is 2. The third-order valence-electron chi connectivity index (χ3n) is 7.09. The summed E-state index contributed by atoms with van der Waals surface area (Å²) in [5, 5.41) is 3.47. The molecule has 4 rings (SSSR count). The first-order valence-corrected chi connectivity index (χ1v) is 13.1. The standard InChI is InChI=1S/C30H38N4O3/c1-18(2)13-23(14-19(3)4)29-28(20(5)6)24-15-22(7-8-25(24)31-29)21-9-11-33(12-10-21)27(36)17-34-16-26(35)32-30(34)37/h7-8,13-15,20-21,31H,1,9-12,16-17H2,2-6H3,(H,32,35,37)/b23-13+. The maximum absolute atomic E-state index is 12.7. The molecule has 0 bridgehead atoms. The normalized spacial score (nSPS) is 17.1. The molecule has 7 nitrogen and oxygen atoms in total. The van der Waals surface area contributed by atoms with E-state index in [1.54, 1.807) is 0 Å². The number of hydrogen-bond donors (Lipinski definition) is 2. The zero-order chi connectivity index (χ0) is 26.9. The minimum Gasteiger partial charge on any atom is -0.354 e. The summed E-state index contributed by atoms with van der Waals surface area (Å²) in [5.41, 5.74) is 8.28. The highest BCUT2D eigenvalue weighted by Crippen LogP contribution is 2.37. The van der Waals surface area contributed by atoms with Crippen molar-refractivity contribution in [3.8, 4) is 0 Å². The van der Waals surface area contributed by atoms with E-state index in [1.165, 1.54) is 27.0 Å². The van der Waals surface area contributed by atoms with Gasteiger partial charge in [-0.1, -0.05) is 49.8 Å². The second-order valence-corrected chi connectivity index (χ2v) is 10.9. The first kappa shape index (κ1) is 26.5. The van der Waals surface area contributed by atoms with Gasteiger partial charge < -0.3 is 14.8 Å². The van der Waals surface area contributed by atoms with Gasteiger partial charge in [-0.25, -0.2) is 4.79 Å². The van der Waals surface area contributed by atoms with Gasteiger partial charge in [0.15, 0.2) is 0 Å². The largest absolute Gasteiger partial charge is 0.354 e. The average molecular weight is 503 g/mol. The van der Waals surface area contributed by atoms with Gasteiger partial charge in [-0.05, 0) is 74.3 Å². The number of likely N-dealkylation sites (tertiary alicyclic amines) is 1. The number of carbonyl (C=O) groups excluding carboxylic acids is 3. The van der Waals surface area contributed by atoms with Gasteiger partial charge in [0, 0.05) is 29.7 Å². The van der Waals surface area contributed by atoms with Crippen molar-refractivity contribution >= 4 is 34.3 Å². The number of piperidine rings is 1. The predicted octanol–water partition coefficient (Wildman–Crippen LogP) is 5.47. The van der Waals surface area contributed by atoms with Gasteiger partial charge in [-0.15, -0.1) is 0 Å². The van der Waals surface area contributed by atoms with E-state index in [1.807, 2.05) is 11.8 Å². The zero-order valence-corrected chi connectivity index (χ0v) is 22.6. The number of carbonyl (C=O) groups is 3. The first-order valence-electron chi connectivity index (χ1n) is 13.1. The van der Waals surface area contributed by atoms with Gasteiger partial charge in [0.1, 0.15) is 13.1 Å². The van der Waals surface area contributed by atoms with Crippen LogP contribution in [0.2, 0.25) is 0 Å². The fourth-order valence-corrected chi connectivity index (χ4v) is 5.41. The van der Waals surface area contributed by atoms with Gasteiger partial charge >= 0.3 is 6.03 Å². The van der Waals surface area contributed by atoms with Crippen LogP contribution in [-0.4, -0.2) is 58.8 Å². The fraction of sp³-hybridized carbons (Fsp3) is 0.433. The van der Waals surface area contributed by atoms with E-state index in [2.05, 4.69) is 74.9 Å². The van der Waals surface area contributed by atoms with Crippen molar-refractivity contribution in [2.75, 3.05) is 26.2 Å². The van der Waals surface area contributed by atoms with Gasteiger partial charge in [-0.3, -0.25) is 14.9 Å². The van der Waals surface area contributed by atoms with E-state index in [9.17, 15) is 14.4 Å². The van der Waals surface area contributed by atoms with Crippen molar-refractivity contribution in [1.82, 2.24) is 20.1 Å². The Morgan fingerprint density at radius 3 is 2.41 bits per heavy atom. The molecule has 0 radical (unpaired) electrons. The number of nitrogens with one attached hydrogen (secondary N) is 2. The second kappa shape index (κ2) is 10.8. The molecule has 2 aliphatic rings. The molecule has 2 aromatic rings. The van der Waals surface area contributed by atoms with Crippen LogP contribution in [0.5, 0.6) is 0 Å². The number of amides is 4. The van der Waals surface area contributed by atoms with Crippen LogP contribution in [0.4, 0.5) is 4.79 Å². The number of hydrogen-bond acceptors (Lipinski definition) is 3. The second-order valence-electron chi connectivity index (χ2n) is 10.9. The molecule has 0 aliphatic carbocycles. The number of urea groups is 1. The lowest BCUT2D eigenvalue weighted by molar-refractivity contribution is -0.132. The molecule has 196 valence electrons. The van der Waals surface area contributed by atoms with Crippen LogP contribution in [0.1, 0.15) is 76.1 Å². The molecule has 3 heterocycles. The van der Waals surface area contributed by atoms with Crippen molar-refractivity contribution in [2.24, 2.45) is 0 Å². The van der Waals surface area contributed by atoms with Crippen LogP contribution in [0.3, 0.4) is 0 Å². The van der Waals surface area contributed by atoms with E-state index >= 15 is 0 Å². The zero-order valence-electron chi connectivity index (χ0n) is 22.6. The van der Waals surface area contributed by atoms with Crippen molar-refractivity contribution in [3.05, 3.63) is 64.9 Å². The molecule has 0 unspecified atom stereocenters. The Morgan fingerprint density at radius 2 is 1.84 bits per heavy atom. The van der Waals surface area contributed by atoms with Gasteiger partial charge in [0.05, 0.1) is 0 Å². The molecule has 4 amide bonds. The molecular formula is C30H38N4O3. The summed E-state index contributed by atoms with van der Waals surface area (Å²) < 4.78 is 0. The number of allylic oxidation sites excluding steroid dienone is 5. The third-order valence-corrected chi connectivity index (χ3v) is 7.09. The van der Waals surface area contributed by atoms with Crippen LogP contribution in [0.25, 0.3) is 16.5 Å². The number of rotatable bonds is 7. The topological polar surface area (TPSA) is 85.5 Å². The maximum Gasteiger partial charge on any atom is 0.325 e. The lowest BCUT2D eigenvalue weighted by atomic mass is 9.87.